The Morgan fingerprint density at radius 1 is 1.32 bits per heavy atom. The molecule has 1 aromatic carbocycles. The van der Waals surface area contributed by atoms with Crippen molar-refractivity contribution in [3.8, 4) is 5.75 Å². The van der Waals surface area contributed by atoms with Crippen molar-refractivity contribution in [3.05, 3.63) is 29.8 Å². The molecule has 0 saturated carbocycles. The van der Waals surface area contributed by atoms with E-state index in [0.717, 1.165) is 17.7 Å². The molecule has 0 spiro atoms. The van der Waals surface area contributed by atoms with Gasteiger partial charge >= 0.3 is 0 Å². The number of hydrogen-bond acceptors (Lipinski definition) is 7. The predicted octanol–water partition coefficient (Wildman–Crippen LogP) is 2.20. The Labute approximate surface area is 168 Å². The second-order valence-corrected chi connectivity index (χ2v) is 7.89. The molecule has 2 heterocycles. The van der Waals surface area contributed by atoms with E-state index in [1.807, 2.05) is 38.1 Å². The van der Waals surface area contributed by atoms with E-state index in [0.29, 0.717) is 29.8 Å². The van der Waals surface area contributed by atoms with Gasteiger partial charge in [0, 0.05) is 26.6 Å². The summed E-state index contributed by atoms with van der Waals surface area (Å²) in [6.45, 7) is 5.25. The van der Waals surface area contributed by atoms with Crippen LogP contribution in [-0.2, 0) is 16.1 Å². The van der Waals surface area contributed by atoms with Crippen molar-refractivity contribution in [2.45, 2.75) is 39.3 Å². The van der Waals surface area contributed by atoms with Crippen LogP contribution >= 0.6 is 11.3 Å². The molecular weight excluding hydrogens is 378 g/mol. The van der Waals surface area contributed by atoms with Gasteiger partial charge in [-0.2, -0.15) is 0 Å². The maximum atomic E-state index is 12.2. The summed E-state index contributed by atoms with van der Waals surface area (Å²) in [4.78, 5) is 27.4. The second kappa shape index (κ2) is 9.01. The number of aromatic nitrogens is 2. The Morgan fingerprint density at radius 2 is 2.07 bits per heavy atom. The number of benzene rings is 1. The molecule has 1 saturated heterocycles. The third kappa shape index (κ3) is 5.19. The predicted molar refractivity (Wildman–Crippen MR) is 109 cm³/mol. The zero-order valence-corrected chi connectivity index (χ0v) is 17.2. The van der Waals surface area contributed by atoms with Crippen molar-refractivity contribution in [1.82, 2.24) is 15.5 Å². The van der Waals surface area contributed by atoms with Gasteiger partial charge in [-0.15, -0.1) is 10.2 Å². The van der Waals surface area contributed by atoms with Crippen LogP contribution < -0.4 is 19.9 Å². The third-order valence-corrected chi connectivity index (χ3v) is 5.26. The highest BCUT2D eigenvalue weighted by atomic mass is 32.1. The van der Waals surface area contributed by atoms with Crippen LogP contribution in [0.3, 0.4) is 0 Å². The Morgan fingerprint density at radius 3 is 2.71 bits per heavy atom. The number of hydrogen-bond donors (Lipinski definition) is 1. The third-order valence-electron chi connectivity index (χ3n) is 4.20. The van der Waals surface area contributed by atoms with Gasteiger partial charge in [-0.1, -0.05) is 23.5 Å². The largest absolute Gasteiger partial charge is 0.491 e. The molecule has 0 bridgehead atoms. The molecule has 0 unspecified atom stereocenters. The number of rotatable bonds is 8. The van der Waals surface area contributed by atoms with E-state index in [1.54, 1.807) is 16.8 Å². The van der Waals surface area contributed by atoms with Gasteiger partial charge in [0.05, 0.1) is 12.6 Å². The number of nitrogens with zero attached hydrogens (tertiary/aromatic N) is 4. The van der Waals surface area contributed by atoms with Crippen LogP contribution in [0.15, 0.2) is 24.3 Å². The van der Waals surface area contributed by atoms with Crippen molar-refractivity contribution in [1.29, 1.82) is 0 Å². The first-order chi connectivity index (χ1) is 13.4. The number of ether oxygens (including phenoxy) is 1. The normalized spacial score (nSPS) is 13.9. The van der Waals surface area contributed by atoms with Gasteiger partial charge in [-0.3, -0.25) is 14.5 Å². The first-order valence-corrected chi connectivity index (χ1v) is 10.1. The second-order valence-electron chi connectivity index (χ2n) is 6.96. The lowest BCUT2D eigenvalue weighted by Gasteiger charge is -2.15. The fourth-order valence-electron chi connectivity index (χ4n) is 2.82. The molecular formula is C19H25N5O3S. The maximum Gasteiger partial charge on any atom is 0.239 e. The van der Waals surface area contributed by atoms with E-state index < -0.39 is 0 Å². The van der Waals surface area contributed by atoms with E-state index in [2.05, 4.69) is 15.5 Å². The van der Waals surface area contributed by atoms with Crippen molar-refractivity contribution in [2.75, 3.05) is 29.9 Å². The van der Waals surface area contributed by atoms with E-state index in [-0.39, 0.29) is 24.5 Å². The van der Waals surface area contributed by atoms with Gasteiger partial charge in [0.25, 0.3) is 0 Å². The zero-order chi connectivity index (χ0) is 20.1. The summed E-state index contributed by atoms with van der Waals surface area (Å²) < 4.78 is 5.61. The molecule has 1 fully saturated rings. The van der Waals surface area contributed by atoms with Crippen LogP contribution in [0, 0.1) is 0 Å². The van der Waals surface area contributed by atoms with E-state index in [1.165, 1.54) is 11.3 Å². The molecule has 9 heteroatoms. The molecule has 28 heavy (non-hydrogen) atoms. The minimum absolute atomic E-state index is 0.0768. The summed E-state index contributed by atoms with van der Waals surface area (Å²) in [6.07, 6.45) is 1.53. The van der Waals surface area contributed by atoms with Gasteiger partial charge in [-0.25, -0.2) is 0 Å². The van der Waals surface area contributed by atoms with E-state index >= 15 is 0 Å². The minimum Gasteiger partial charge on any atom is -0.491 e. The highest BCUT2D eigenvalue weighted by molar-refractivity contribution is 7.19. The summed E-state index contributed by atoms with van der Waals surface area (Å²) in [7, 11) is 1.79. The average molecular weight is 404 g/mol. The highest BCUT2D eigenvalue weighted by Crippen LogP contribution is 2.29. The Balaban J connectivity index is 1.48. The molecule has 0 aliphatic carbocycles. The molecule has 1 aliphatic heterocycles. The first-order valence-electron chi connectivity index (χ1n) is 9.29. The molecule has 2 aromatic rings. The van der Waals surface area contributed by atoms with Crippen molar-refractivity contribution in [3.63, 3.8) is 0 Å². The lowest BCUT2D eigenvalue weighted by atomic mass is 10.2. The lowest BCUT2D eigenvalue weighted by molar-refractivity contribution is -0.120. The number of nitrogens with one attached hydrogen (secondary N) is 1. The van der Waals surface area contributed by atoms with Gasteiger partial charge in [-0.05, 0) is 38.0 Å². The van der Waals surface area contributed by atoms with Gasteiger partial charge < -0.3 is 15.0 Å². The zero-order valence-electron chi connectivity index (χ0n) is 16.3. The molecule has 2 amide bonds. The van der Waals surface area contributed by atoms with Crippen LogP contribution in [0.1, 0.15) is 32.3 Å². The van der Waals surface area contributed by atoms with Gasteiger partial charge in [0.15, 0.2) is 0 Å². The number of anilines is 2. The van der Waals surface area contributed by atoms with Crippen LogP contribution in [0.25, 0.3) is 0 Å². The quantitative estimate of drug-likeness (QED) is 0.727. The summed E-state index contributed by atoms with van der Waals surface area (Å²) in [5, 5.41) is 12.3. The fraction of sp³-hybridized carbons (Fsp3) is 0.474. The Hall–Kier alpha value is -2.68. The van der Waals surface area contributed by atoms with Crippen LogP contribution in [0.5, 0.6) is 5.75 Å². The number of likely N-dealkylation sites (N-methyl/N-ethyl adjacent to an activating group) is 1. The van der Waals surface area contributed by atoms with E-state index in [4.69, 9.17) is 4.74 Å². The summed E-state index contributed by atoms with van der Waals surface area (Å²) in [5.74, 6) is 0.778. The summed E-state index contributed by atoms with van der Waals surface area (Å²) in [6, 6.07) is 7.67. The number of carbonyl (C=O) groups is 2. The summed E-state index contributed by atoms with van der Waals surface area (Å²) >= 11 is 1.32. The molecule has 1 aromatic heterocycles. The first kappa shape index (κ1) is 20.1. The van der Waals surface area contributed by atoms with E-state index in [9.17, 15) is 9.59 Å². The van der Waals surface area contributed by atoms with Crippen LogP contribution in [0.2, 0.25) is 0 Å². The van der Waals surface area contributed by atoms with Gasteiger partial charge in [0.2, 0.25) is 22.1 Å². The maximum absolute atomic E-state index is 12.2. The number of amides is 2. The molecule has 150 valence electrons. The highest BCUT2D eigenvalue weighted by Gasteiger charge is 2.25. The molecule has 1 N–H and O–H groups in total. The fourth-order valence-corrected chi connectivity index (χ4v) is 3.67. The molecule has 0 radical (unpaired) electrons. The standard InChI is InChI=1S/C19H25N5O3S/c1-13(2)27-15-8-6-14(7-9-15)11-20-16(25)12-23(3)18-21-22-19(28-18)24-10-4-5-17(24)26/h6-9,13H,4-5,10-12H2,1-3H3,(H,20,25). The Bertz CT molecular complexity index is 821. The number of carbonyl (C=O) groups excluding carboxylic acids is 2. The van der Waals surface area contributed by atoms with Crippen molar-refractivity contribution in [2.24, 2.45) is 0 Å². The summed E-state index contributed by atoms with van der Waals surface area (Å²) in [5.41, 5.74) is 0.998. The molecule has 3 rings (SSSR count). The SMILES string of the molecule is CC(C)Oc1ccc(CNC(=O)CN(C)c2nnc(N3CCCC3=O)s2)cc1. The molecule has 0 atom stereocenters. The van der Waals surface area contributed by atoms with Crippen molar-refractivity contribution < 1.29 is 14.3 Å². The van der Waals surface area contributed by atoms with Gasteiger partial charge in [0.1, 0.15) is 5.75 Å². The van der Waals surface area contributed by atoms with Crippen LogP contribution in [0.4, 0.5) is 10.3 Å². The smallest absolute Gasteiger partial charge is 0.239 e. The minimum atomic E-state index is -0.112. The van der Waals surface area contributed by atoms with Crippen LogP contribution in [-0.4, -0.2) is 48.3 Å². The molecule has 8 nitrogen and oxygen atoms in total. The molecule has 1 aliphatic rings. The monoisotopic (exact) mass is 403 g/mol. The Kier molecular flexibility index (Phi) is 6.45. The van der Waals surface area contributed by atoms with Crippen molar-refractivity contribution >= 4 is 33.4 Å². The topological polar surface area (TPSA) is 87.7 Å². The lowest BCUT2D eigenvalue weighted by Crippen LogP contribution is -2.34. The average Bonchev–Trinajstić information content (AvgIpc) is 3.29.